The number of nitrogens with zero attached hydrogens (tertiary/aromatic N) is 1. The number of aryl methyl sites for hydroxylation is 1. The van der Waals surface area contributed by atoms with E-state index in [2.05, 4.69) is 5.10 Å². The lowest BCUT2D eigenvalue weighted by Gasteiger charge is -1.96. The largest absolute Gasteiger partial charge is 0.330 e. The minimum atomic E-state index is 0.0476. The van der Waals surface area contributed by atoms with Gasteiger partial charge in [-0.3, -0.25) is 14.6 Å². The molecule has 1 aromatic carbocycles. The van der Waals surface area contributed by atoms with E-state index in [1.165, 1.54) is 0 Å². The van der Waals surface area contributed by atoms with Crippen molar-refractivity contribution in [3.8, 4) is 0 Å². The lowest BCUT2D eigenvalue weighted by atomic mass is 10.1. The lowest BCUT2D eigenvalue weighted by Crippen LogP contribution is -2.14. The molecule has 0 saturated heterocycles. The van der Waals surface area contributed by atoms with Crippen LogP contribution in [-0.4, -0.2) is 16.3 Å². The van der Waals surface area contributed by atoms with Gasteiger partial charge in [0.05, 0.1) is 10.9 Å². The molecule has 4 nitrogen and oxygen atoms in total. The molecule has 0 amide bonds. The fourth-order valence-electron chi connectivity index (χ4n) is 1.75. The fourth-order valence-corrected chi connectivity index (χ4v) is 1.75. The molecule has 0 aliphatic carbocycles. The van der Waals surface area contributed by atoms with Gasteiger partial charge in [-0.25, -0.2) is 0 Å². The lowest BCUT2D eigenvalue weighted by molar-refractivity contribution is 0.646. The maximum atomic E-state index is 11.8. The average molecular weight is 205 g/mol. The van der Waals surface area contributed by atoms with Gasteiger partial charge in [-0.2, -0.15) is 0 Å². The summed E-state index contributed by atoms with van der Waals surface area (Å²) in [6, 6.07) is 5.87. The van der Waals surface area contributed by atoms with Gasteiger partial charge in [0.2, 0.25) is 0 Å². The number of aromatic nitrogens is 2. The summed E-state index contributed by atoms with van der Waals surface area (Å²) in [6.45, 7) is 3.22. The van der Waals surface area contributed by atoms with Crippen LogP contribution in [0, 0.1) is 0 Å². The van der Waals surface area contributed by atoms with Crippen molar-refractivity contribution in [1.29, 1.82) is 0 Å². The SMILES string of the molecule is CCn1[nH]c2ccc(CCN)cc2c1=O. The molecule has 0 aliphatic heterocycles. The number of nitrogens with two attached hydrogens (primary N) is 1. The number of H-pyrrole nitrogens is 1. The summed E-state index contributed by atoms with van der Waals surface area (Å²) in [5.74, 6) is 0. The molecule has 0 unspecified atom stereocenters. The smallest absolute Gasteiger partial charge is 0.274 e. The molecule has 0 atom stereocenters. The molecule has 1 heterocycles. The first kappa shape index (κ1) is 9.98. The average Bonchev–Trinajstić information content (AvgIpc) is 2.56. The molecule has 80 valence electrons. The Bertz CT molecular complexity index is 524. The fraction of sp³-hybridized carbons (Fsp3) is 0.364. The van der Waals surface area contributed by atoms with Crippen molar-refractivity contribution in [3.63, 3.8) is 0 Å². The molecule has 0 bridgehead atoms. The van der Waals surface area contributed by atoms with Crippen LogP contribution < -0.4 is 11.3 Å². The van der Waals surface area contributed by atoms with E-state index in [0.717, 1.165) is 22.9 Å². The van der Waals surface area contributed by atoms with Crippen molar-refractivity contribution < 1.29 is 0 Å². The van der Waals surface area contributed by atoms with E-state index in [9.17, 15) is 4.79 Å². The van der Waals surface area contributed by atoms with Gasteiger partial charge in [0.15, 0.2) is 0 Å². The van der Waals surface area contributed by atoms with Gasteiger partial charge in [0.25, 0.3) is 5.56 Å². The third kappa shape index (κ3) is 1.68. The number of fused-ring (bicyclic) bond motifs is 1. The van der Waals surface area contributed by atoms with Crippen LogP contribution in [0.2, 0.25) is 0 Å². The van der Waals surface area contributed by atoms with Crippen LogP contribution in [0.25, 0.3) is 10.9 Å². The van der Waals surface area contributed by atoms with Crippen LogP contribution in [0.15, 0.2) is 23.0 Å². The Balaban J connectivity index is 2.60. The quantitative estimate of drug-likeness (QED) is 0.780. The molecule has 15 heavy (non-hydrogen) atoms. The molecule has 0 fully saturated rings. The Morgan fingerprint density at radius 3 is 2.93 bits per heavy atom. The minimum Gasteiger partial charge on any atom is -0.330 e. The van der Waals surface area contributed by atoms with Gasteiger partial charge in [0.1, 0.15) is 0 Å². The number of benzene rings is 1. The predicted octanol–water partition coefficient (Wildman–Crippen LogP) is 0.851. The van der Waals surface area contributed by atoms with Crippen LogP contribution >= 0.6 is 0 Å². The van der Waals surface area contributed by atoms with Gasteiger partial charge in [-0.15, -0.1) is 0 Å². The Morgan fingerprint density at radius 1 is 1.47 bits per heavy atom. The number of aromatic amines is 1. The normalized spacial score (nSPS) is 11.1. The summed E-state index contributed by atoms with van der Waals surface area (Å²) >= 11 is 0. The second kappa shape index (κ2) is 3.90. The van der Waals surface area contributed by atoms with Crippen molar-refractivity contribution in [2.24, 2.45) is 5.73 Å². The number of hydrogen-bond acceptors (Lipinski definition) is 2. The summed E-state index contributed by atoms with van der Waals surface area (Å²) in [4.78, 5) is 11.8. The van der Waals surface area contributed by atoms with Gasteiger partial charge in [-0.1, -0.05) is 6.07 Å². The minimum absolute atomic E-state index is 0.0476. The van der Waals surface area contributed by atoms with E-state index in [0.29, 0.717) is 13.1 Å². The van der Waals surface area contributed by atoms with E-state index < -0.39 is 0 Å². The van der Waals surface area contributed by atoms with Gasteiger partial charge in [0, 0.05) is 6.54 Å². The van der Waals surface area contributed by atoms with Crippen LogP contribution in [0.3, 0.4) is 0 Å². The zero-order chi connectivity index (χ0) is 10.8. The molecule has 2 aromatic rings. The Morgan fingerprint density at radius 2 is 2.27 bits per heavy atom. The molecule has 4 heteroatoms. The molecular weight excluding hydrogens is 190 g/mol. The molecule has 3 N–H and O–H groups in total. The highest BCUT2D eigenvalue weighted by atomic mass is 16.1. The van der Waals surface area contributed by atoms with Crippen molar-refractivity contribution >= 4 is 10.9 Å². The summed E-state index contributed by atoms with van der Waals surface area (Å²) in [5, 5.41) is 3.81. The van der Waals surface area contributed by atoms with Crippen molar-refractivity contribution in [3.05, 3.63) is 34.1 Å². The van der Waals surface area contributed by atoms with E-state index in [1.807, 2.05) is 25.1 Å². The Kier molecular flexibility index (Phi) is 2.60. The molecule has 1 aromatic heterocycles. The molecular formula is C11H15N3O. The summed E-state index contributed by atoms with van der Waals surface area (Å²) in [6.07, 6.45) is 0.812. The third-order valence-corrected chi connectivity index (χ3v) is 2.56. The highest BCUT2D eigenvalue weighted by Crippen LogP contribution is 2.10. The first-order valence-corrected chi connectivity index (χ1v) is 5.17. The van der Waals surface area contributed by atoms with Gasteiger partial charge < -0.3 is 5.73 Å². The van der Waals surface area contributed by atoms with Crippen molar-refractivity contribution in [2.45, 2.75) is 19.9 Å². The molecule has 2 rings (SSSR count). The summed E-state index contributed by atoms with van der Waals surface area (Å²) in [5.41, 5.74) is 7.54. The topological polar surface area (TPSA) is 63.8 Å². The van der Waals surface area contributed by atoms with Crippen LogP contribution in [0.1, 0.15) is 12.5 Å². The third-order valence-electron chi connectivity index (χ3n) is 2.56. The standard InChI is InChI=1S/C11H15N3O/c1-2-14-11(15)9-7-8(5-6-12)3-4-10(9)13-14/h3-4,7,13H,2,5-6,12H2,1H3. The van der Waals surface area contributed by atoms with E-state index >= 15 is 0 Å². The zero-order valence-electron chi connectivity index (χ0n) is 8.79. The zero-order valence-corrected chi connectivity index (χ0v) is 8.79. The van der Waals surface area contributed by atoms with Crippen molar-refractivity contribution in [1.82, 2.24) is 9.78 Å². The highest BCUT2D eigenvalue weighted by Gasteiger charge is 2.05. The highest BCUT2D eigenvalue weighted by molar-refractivity contribution is 5.78. The van der Waals surface area contributed by atoms with Crippen LogP contribution in [-0.2, 0) is 13.0 Å². The first-order valence-electron chi connectivity index (χ1n) is 5.17. The number of nitrogens with one attached hydrogen (secondary N) is 1. The van der Waals surface area contributed by atoms with Crippen LogP contribution in [0.4, 0.5) is 0 Å². The van der Waals surface area contributed by atoms with Crippen molar-refractivity contribution in [2.75, 3.05) is 6.54 Å². The van der Waals surface area contributed by atoms with Gasteiger partial charge in [-0.05, 0) is 37.6 Å². The maximum Gasteiger partial charge on any atom is 0.274 e. The van der Waals surface area contributed by atoms with E-state index in [4.69, 9.17) is 5.73 Å². The predicted molar refractivity (Wildman–Crippen MR) is 61.0 cm³/mol. The van der Waals surface area contributed by atoms with E-state index in [-0.39, 0.29) is 5.56 Å². The van der Waals surface area contributed by atoms with E-state index in [1.54, 1.807) is 4.68 Å². The maximum absolute atomic E-state index is 11.8. The second-order valence-electron chi connectivity index (χ2n) is 3.58. The van der Waals surface area contributed by atoms with Crippen LogP contribution in [0.5, 0.6) is 0 Å². The first-order chi connectivity index (χ1) is 7.26. The number of hydrogen-bond donors (Lipinski definition) is 2. The molecule has 0 aliphatic rings. The summed E-state index contributed by atoms with van der Waals surface area (Å²) in [7, 11) is 0. The van der Waals surface area contributed by atoms with Gasteiger partial charge >= 0.3 is 0 Å². The molecule has 0 spiro atoms. The Hall–Kier alpha value is -1.55. The Labute approximate surface area is 87.7 Å². The summed E-state index contributed by atoms with van der Waals surface area (Å²) < 4.78 is 1.61. The molecule has 0 saturated carbocycles. The number of rotatable bonds is 3. The second-order valence-corrected chi connectivity index (χ2v) is 3.58. The molecule has 0 radical (unpaired) electrons. The monoisotopic (exact) mass is 205 g/mol.